The summed E-state index contributed by atoms with van der Waals surface area (Å²) in [4.78, 5) is 24.0. The molecule has 2 aromatic carbocycles. The highest BCUT2D eigenvalue weighted by atomic mass is 16.7. The van der Waals surface area contributed by atoms with Crippen LogP contribution in [0.5, 0.6) is 0 Å². The maximum absolute atomic E-state index is 11.3. The molecular formula is C16H13N3O4. The molecule has 0 aliphatic carbocycles. The summed E-state index contributed by atoms with van der Waals surface area (Å²) in [5.74, 6) is -0.975. The van der Waals surface area contributed by atoms with Gasteiger partial charge in [0, 0.05) is 17.1 Å². The molecule has 0 radical (unpaired) electrons. The first-order valence-electron chi connectivity index (χ1n) is 6.97. The van der Waals surface area contributed by atoms with E-state index < -0.39 is 21.9 Å². The maximum Gasteiger partial charge on any atom is 0.461 e. The molecule has 1 N–H and O–H groups in total. The lowest BCUT2D eigenvalue weighted by Gasteiger charge is -2.15. The van der Waals surface area contributed by atoms with E-state index in [9.17, 15) is 20.2 Å². The fourth-order valence-corrected chi connectivity index (χ4v) is 2.84. The Morgan fingerprint density at radius 1 is 0.870 bits per heavy atom. The molecule has 0 aliphatic heterocycles. The predicted octanol–water partition coefficient (Wildman–Crippen LogP) is 3.18. The Morgan fingerprint density at radius 3 is 2.13 bits per heavy atom. The molecule has 3 aromatic rings. The van der Waals surface area contributed by atoms with Gasteiger partial charge >= 0.3 is 6.17 Å². The zero-order valence-corrected chi connectivity index (χ0v) is 12.0. The second-order valence-corrected chi connectivity index (χ2v) is 5.16. The van der Waals surface area contributed by atoms with Gasteiger partial charge in [0.15, 0.2) is 0 Å². The third kappa shape index (κ3) is 2.64. The van der Waals surface area contributed by atoms with Crippen LogP contribution in [-0.2, 0) is 0 Å². The lowest BCUT2D eigenvalue weighted by Crippen LogP contribution is -2.35. The van der Waals surface area contributed by atoms with Gasteiger partial charge in [-0.3, -0.25) is 20.2 Å². The van der Waals surface area contributed by atoms with Crippen LogP contribution >= 0.6 is 0 Å². The van der Waals surface area contributed by atoms with Crippen molar-refractivity contribution in [2.75, 3.05) is 0 Å². The molecule has 0 aliphatic rings. The lowest BCUT2D eigenvalue weighted by molar-refractivity contribution is -0.744. The molecule has 0 saturated heterocycles. The Kier molecular flexibility index (Phi) is 3.76. The summed E-state index contributed by atoms with van der Waals surface area (Å²) in [5.41, 5.74) is 1.87. The van der Waals surface area contributed by atoms with Crippen LogP contribution in [0.15, 0.2) is 60.8 Å². The topological polar surface area (TPSA) is 102 Å². The molecule has 0 fully saturated rings. The van der Waals surface area contributed by atoms with Crippen molar-refractivity contribution < 1.29 is 9.85 Å². The first-order valence-corrected chi connectivity index (χ1v) is 6.97. The standard InChI is InChI=1S/C16H13N3O4/c20-18(21)16(19(22)23)15(11-6-2-1-3-7-11)13-10-17-14-9-5-4-8-12(13)14/h1-10,15-17H. The Labute approximate surface area is 130 Å². The average molecular weight is 311 g/mol. The Bertz CT molecular complexity index is 846. The van der Waals surface area contributed by atoms with Crippen LogP contribution in [0.4, 0.5) is 0 Å². The monoisotopic (exact) mass is 311 g/mol. The second-order valence-electron chi connectivity index (χ2n) is 5.16. The highest BCUT2D eigenvalue weighted by molar-refractivity contribution is 5.84. The number of aromatic nitrogens is 1. The molecule has 1 heterocycles. The van der Waals surface area contributed by atoms with Crippen LogP contribution in [0.25, 0.3) is 10.9 Å². The largest absolute Gasteiger partial charge is 0.461 e. The summed E-state index contributed by atoms with van der Waals surface area (Å²) in [6.45, 7) is 0. The molecular weight excluding hydrogens is 298 g/mol. The van der Waals surface area contributed by atoms with Crippen LogP contribution in [0.2, 0.25) is 0 Å². The van der Waals surface area contributed by atoms with Crippen molar-refractivity contribution in [2.24, 2.45) is 0 Å². The minimum atomic E-state index is -1.95. The summed E-state index contributed by atoms with van der Waals surface area (Å²) in [5, 5.41) is 23.4. The van der Waals surface area contributed by atoms with Gasteiger partial charge in [0.05, 0.1) is 9.85 Å². The number of H-pyrrole nitrogens is 1. The number of hydrogen-bond donors (Lipinski definition) is 1. The number of para-hydroxylation sites is 1. The van der Waals surface area contributed by atoms with Gasteiger partial charge in [-0.25, -0.2) is 0 Å². The molecule has 23 heavy (non-hydrogen) atoms. The number of fused-ring (bicyclic) bond motifs is 1. The van der Waals surface area contributed by atoms with Crippen LogP contribution in [0.1, 0.15) is 17.0 Å². The molecule has 1 unspecified atom stereocenters. The van der Waals surface area contributed by atoms with Gasteiger partial charge < -0.3 is 4.98 Å². The minimum absolute atomic E-state index is 0.538. The second kappa shape index (κ2) is 5.88. The van der Waals surface area contributed by atoms with Gasteiger partial charge in [-0.05, 0) is 17.2 Å². The third-order valence-corrected chi connectivity index (χ3v) is 3.85. The molecule has 0 spiro atoms. The van der Waals surface area contributed by atoms with Gasteiger partial charge in [-0.15, -0.1) is 0 Å². The van der Waals surface area contributed by atoms with E-state index in [1.807, 2.05) is 12.1 Å². The van der Waals surface area contributed by atoms with Crippen molar-refractivity contribution in [2.45, 2.75) is 12.1 Å². The Balaban J connectivity index is 2.23. The van der Waals surface area contributed by atoms with E-state index in [0.29, 0.717) is 11.1 Å². The van der Waals surface area contributed by atoms with E-state index in [-0.39, 0.29) is 0 Å². The van der Waals surface area contributed by atoms with Gasteiger partial charge in [-0.1, -0.05) is 48.5 Å². The fraction of sp³-hybridized carbons (Fsp3) is 0.125. The molecule has 7 nitrogen and oxygen atoms in total. The number of nitrogens with zero attached hydrogens (tertiary/aromatic N) is 2. The quantitative estimate of drug-likeness (QED) is 0.444. The predicted molar refractivity (Wildman–Crippen MR) is 84.4 cm³/mol. The number of nitro groups is 2. The van der Waals surface area contributed by atoms with E-state index >= 15 is 0 Å². The normalized spacial score (nSPS) is 12.4. The molecule has 0 bridgehead atoms. The fourth-order valence-electron chi connectivity index (χ4n) is 2.84. The van der Waals surface area contributed by atoms with E-state index in [1.165, 1.54) is 0 Å². The van der Waals surface area contributed by atoms with Crippen LogP contribution in [0.3, 0.4) is 0 Å². The average Bonchev–Trinajstić information content (AvgIpc) is 2.96. The molecule has 1 atom stereocenters. The van der Waals surface area contributed by atoms with Crippen molar-refractivity contribution in [1.29, 1.82) is 0 Å². The molecule has 3 rings (SSSR count). The molecule has 0 saturated carbocycles. The van der Waals surface area contributed by atoms with Crippen molar-refractivity contribution in [1.82, 2.24) is 4.98 Å². The number of rotatable bonds is 5. The van der Waals surface area contributed by atoms with E-state index in [0.717, 1.165) is 10.9 Å². The highest BCUT2D eigenvalue weighted by Crippen LogP contribution is 2.34. The van der Waals surface area contributed by atoms with Crippen LogP contribution in [-0.4, -0.2) is 21.0 Å². The maximum atomic E-state index is 11.3. The zero-order chi connectivity index (χ0) is 16.4. The third-order valence-electron chi connectivity index (χ3n) is 3.85. The van der Waals surface area contributed by atoms with Gasteiger partial charge in [0.1, 0.15) is 5.92 Å². The summed E-state index contributed by atoms with van der Waals surface area (Å²) >= 11 is 0. The molecule has 116 valence electrons. The van der Waals surface area contributed by atoms with Crippen LogP contribution in [0, 0.1) is 20.2 Å². The number of hydrogen-bond acceptors (Lipinski definition) is 4. The molecule has 0 amide bonds. The number of benzene rings is 2. The minimum Gasteiger partial charge on any atom is -0.361 e. The van der Waals surface area contributed by atoms with Gasteiger partial charge in [0.2, 0.25) is 0 Å². The van der Waals surface area contributed by atoms with Crippen molar-refractivity contribution in [3.63, 3.8) is 0 Å². The SMILES string of the molecule is O=[N+]([O-])C(C(c1ccccc1)c1c[nH]c2ccccc12)[N+](=O)[O-]. The summed E-state index contributed by atoms with van der Waals surface area (Å²) < 4.78 is 0. The molecule has 7 heteroatoms. The smallest absolute Gasteiger partial charge is 0.361 e. The first-order chi connectivity index (χ1) is 11.1. The number of nitrogens with one attached hydrogen (secondary N) is 1. The van der Waals surface area contributed by atoms with Crippen molar-refractivity contribution in [3.05, 3.63) is 92.1 Å². The summed E-state index contributed by atoms with van der Waals surface area (Å²) in [6, 6.07) is 15.8. The van der Waals surface area contributed by atoms with Gasteiger partial charge in [0.25, 0.3) is 0 Å². The highest BCUT2D eigenvalue weighted by Gasteiger charge is 2.45. The first kappa shape index (κ1) is 14.7. The van der Waals surface area contributed by atoms with Crippen LogP contribution < -0.4 is 0 Å². The summed E-state index contributed by atoms with van der Waals surface area (Å²) in [6.07, 6.45) is -0.334. The number of aromatic amines is 1. The van der Waals surface area contributed by atoms with Crippen molar-refractivity contribution >= 4 is 10.9 Å². The Hall–Kier alpha value is -3.22. The van der Waals surface area contributed by atoms with E-state index in [4.69, 9.17) is 0 Å². The van der Waals surface area contributed by atoms with E-state index in [1.54, 1.807) is 48.7 Å². The molecule has 1 aromatic heterocycles. The zero-order valence-electron chi connectivity index (χ0n) is 12.0. The van der Waals surface area contributed by atoms with Gasteiger partial charge in [-0.2, -0.15) is 0 Å². The summed E-state index contributed by atoms with van der Waals surface area (Å²) in [7, 11) is 0. The lowest BCUT2D eigenvalue weighted by atomic mass is 9.88. The Morgan fingerprint density at radius 2 is 1.48 bits per heavy atom. The van der Waals surface area contributed by atoms with Crippen molar-refractivity contribution in [3.8, 4) is 0 Å². The van der Waals surface area contributed by atoms with E-state index in [2.05, 4.69) is 4.98 Å².